The summed E-state index contributed by atoms with van der Waals surface area (Å²) in [6.45, 7) is 6.14. The molecule has 0 bridgehead atoms. The molecule has 1 N–H and O–H groups in total. The zero-order valence-electron chi connectivity index (χ0n) is 17.8. The average molecular weight is 389 g/mol. The Morgan fingerprint density at radius 3 is 1.86 bits per heavy atom. The van der Waals surface area contributed by atoms with Crippen molar-refractivity contribution in [3.8, 4) is 0 Å². The van der Waals surface area contributed by atoms with Gasteiger partial charge in [-0.25, -0.2) is 0 Å². The smallest absolute Gasteiger partial charge is 0.110 e. The molecule has 0 unspecified atom stereocenters. The van der Waals surface area contributed by atoms with E-state index < -0.39 is 5.60 Å². The molecule has 152 valence electrons. The molecule has 3 nitrogen and oxygen atoms in total. The largest absolute Gasteiger partial charge is 0.390 e. The van der Waals surface area contributed by atoms with Gasteiger partial charge in [0.1, 0.15) is 6.17 Å². The van der Waals surface area contributed by atoms with Gasteiger partial charge in [-0.3, -0.25) is 0 Å². The number of hydrogen-bond acceptors (Lipinski definition) is 1. The van der Waals surface area contributed by atoms with E-state index in [1.54, 1.807) is 0 Å². The summed E-state index contributed by atoms with van der Waals surface area (Å²) in [6.07, 6.45) is 8.77. The zero-order valence-corrected chi connectivity index (χ0v) is 17.8. The van der Waals surface area contributed by atoms with E-state index >= 15 is 0 Å². The van der Waals surface area contributed by atoms with Crippen molar-refractivity contribution in [3.63, 3.8) is 0 Å². The van der Waals surface area contributed by atoms with Crippen LogP contribution in [0.5, 0.6) is 0 Å². The van der Waals surface area contributed by atoms with Crippen molar-refractivity contribution in [1.29, 1.82) is 0 Å². The summed E-state index contributed by atoms with van der Waals surface area (Å²) < 4.78 is 4.85. The summed E-state index contributed by atoms with van der Waals surface area (Å²) in [5.41, 5.74) is 1.98. The fourth-order valence-corrected chi connectivity index (χ4v) is 4.45. The monoisotopic (exact) mass is 388 g/mol. The van der Waals surface area contributed by atoms with E-state index in [4.69, 9.17) is 0 Å². The Morgan fingerprint density at radius 1 is 0.828 bits per heavy atom. The molecule has 0 amide bonds. The van der Waals surface area contributed by atoms with Gasteiger partial charge in [0, 0.05) is 23.4 Å². The van der Waals surface area contributed by atoms with E-state index in [2.05, 4.69) is 89.1 Å². The molecule has 0 aliphatic heterocycles. The van der Waals surface area contributed by atoms with Crippen LogP contribution in [0.4, 0.5) is 0 Å². The molecule has 0 saturated carbocycles. The van der Waals surface area contributed by atoms with E-state index in [1.807, 2.05) is 13.8 Å². The van der Waals surface area contributed by atoms with E-state index in [0.29, 0.717) is 5.92 Å². The molecular formula is C26H32N2O. The van der Waals surface area contributed by atoms with Crippen LogP contribution in [0.25, 0.3) is 21.8 Å². The molecule has 2 aromatic carbocycles. The Labute approximate surface area is 173 Å². The van der Waals surface area contributed by atoms with Gasteiger partial charge in [0.25, 0.3) is 0 Å². The molecule has 0 fully saturated rings. The Balaban J connectivity index is 1.66. The number of nitrogens with zero attached hydrogens (tertiary/aromatic N) is 2. The minimum atomic E-state index is -0.577. The Hall–Kier alpha value is -2.52. The molecule has 2 heterocycles. The highest BCUT2D eigenvalue weighted by molar-refractivity contribution is 5.81. The predicted molar refractivity (Wildman–Crippen MR) is 122 cm³/mol. The third kappa shape index (κ3) is 4.40. The van der Waals surface area contributed by atoms with E-state index in [9.17, 15) is 5.11 Å². The first-order valence-electron chi connectivity index (χ1n) is 10.8. The number of aliphatic hydroxyl groups is 1. The lowest BCUT2D eigenvalue weighted by atomic mass is 9.94. The van der Waals surface area contributed by atoms with Gasteiger partial charge in [0.15, 0.2) is 0 Å². The SMILES string of the molecule is C[C@@H](CCCC(C)(C)O)CC(n1ccc2ccccc21)n1ccc2ccccc21. The second-order valence-electron chi connectivity index (χ2n) is 9.09. The van der Waals surface area contributed by atoms with Crippen molar-refractivity contribution < 1.29 is 5.11 Å². The van der Waals surface area contributed by atoms with Crippen LogP contribution >= 0.6 is 0 Å². The lowest BCUT2D eigenvalue weighted by Gasteiger charge is -2.27. The molecule has 29 heavy (non-hydrogen) atoms. The summed E-state index contributed by atoms with van der Waals surface area (Å²) in [6, 6.07) is 21.7. The third-order valence-electron chi connectivity index (χ3n) is 6.00. The van der Waals surface area contributed by atoms with Crippen molar-refractivity contribution in [3.05, 3.63) is 73.1 Å². The first-order valence-corrected chi connectivity index (χ1v) is 10.8. The van der Waals surface area contributed by atoms with Gasteiger partial charge < -0.3 is 14.2 Å². The van der Waals surface area contributed by atoms with Crippen molar-refractivity contribution >= 4 is 21.8 Å². The zero-order chi connectivity index (χ0) is 20.4. The maximum Gasteiger partial charge on any atom is 0.110 e. The molecule has 0 spiro atoms. The maximum absolute atomic E-state index is 10.0. The molecule has 2 aromatic heterocycles. The van der Waals surface area contributed by atoms with Gasteiger partial charge in [0.05, 0.1) is 5.60 Å². The molecule has 0 saturated heterocycles. The van der Waals surface area contributed by atoms with Crippen LogP contribution < -0.4 is 0 Å². The topological polar surface area (TPSA) is 30.1 Å². The quantitative estimate of drug-likeness (QED) is 0.362. The van der Waals surface area contributed by atoms with E-state index in [0.717, 1.165) is 25.7 Å². The molecule has 0 aliphatic carbocycles. The van der Waals surface area contributed by atoms with Crippen LogP contribution in [0.2, 0.25) is 0 Å². The minimum absolute atomic E-state index is 0.229. The number of benzene rings is 2. The Bertz CT molecular complexity index is 1010. The highest BCUT2D eigenvalue weighted by Gasteiger charge is 2.20. The van der Waals surface area contributed by atoms with Crippen LogP contribution in [0.3, 0.4) is 0 Å². The molecule has 0 aliphatic rings. The van der Waals surface area contributed by atoms with Crippen molar-refractivity contribution in [2.45, 2.75) is 58.2 Å². The van der Waals surface area contributed by atoms with Gasteiger partial charge in [-0.15, -0.1) is 0 Å². The van der Waals surface area contributed by atoms with Crippen LogP contribution in [0.15, 0.2) is 73.1 Å². The number of aromatic nitrogens is 2. The standard InChI is InChI=1S/C26H32N2O/c1-20(9-8-16-26(2,3)29)19-25(27-17-14-21-10-4-6-12-23(21)27)28-18-15-22-11-5-7-13-24(22)28/h4-7,10-15,17-18,20,25,29H,8-9,16,19H2,1-3H3/t20-/m0/s1. The molecule has 0 radical (unpaired) electrons. The molecule has 4 rings (SSSR count). The first kappa shape index (κ1) is 19.8. The van der Waals surface area contributed by atoms with Crippen molar-refractivity contribution in [1.82, 2.24) is 9.13 Å². The van der Waals surface area contributed by atoms with Gasteiger partial charge >= 0.3 is 0 Å². The Morgan fingerprint density at radius 2 is 1.34 bits per heavy atom. The number of para-hydroxylation sites is 2. The van der Waals surface area contributed by atoms with Gasteiger partial charge in [0.2, 0.25) is 0 Å². The highest BCUT2D eigenvalue weighted by atomic mass is 16.3. The lowest BCUT2D eigenvalue weighted by molar-refractivity contribution is 0.0666. The number of fused-ring (bicyclic) bond motifs is 2. The molecule has 1 atom stereocenters. The minimum Gasteiger partial charge on any atom is -0.390 e. The number of hydrogen-bond donors (Lipinski definition) is 1. The van der Waals surface area contributed by atoms with E-state index in [1.165, 1.54) is 21.8 Å². The van der Waals surface area contributed by atoms with Crippen LogP contribution in [-0.2, 0) is 0 Å². The van der Waals surface area contributed by atoms with Crippen molar-refractivity contribution in [2.75, 3.05) is 0 Å². The van der Waals surface area contributed by atoms with Gasteiger partial charge in [-0.1, -0.05) is 56.2 Å². The van der Waals surface area contributed by atoms with Gasteiger partial charge in [-0.2, -0.15) is 0 Å². The molecular weight excluding hydrogens is 356 g/mol. The average Bonchev–Trinajstić information content (AvgIpc) is 3.30. The van der Waals surface area contributed by atoms with Crippen molar-refractivity contribution in [2.24, 2.45) is 5.92 Å². The van der Waals surface area contributed by atoms with E-state index in [-0.39, 0.29) is 6.17 Å². The fraction of sp³-hybridized carbons (Fsp3) is 0.385. The van der Waals surface area contributed by atoms with Crippen LogP contribution in [0.1, 0.15) is 52.6 Å². The van der Waals surface area contributed by atoms with Gasteiger partial charge in [-0.05, 0) is 67.6 Å². The normalized spacial score (nSPS) is 13.6. The Kier molecular flexibility index (Phi) is 5.51. The summed E-state index contributed by atoms with van der Waals surface area (Å²) in [4.78, 5) is 0. The summed E-state index contributed by atoms with van der Waals surface area (Å²) in [5.74, 6) is 0.560. The lowest BCUT2D eigenvalue weighted by Crippen LogP contribution is -2.21. The second-order valence-corrected chi connectivity index (χ2v) is 9.09. The summed E-state index contributed by atoms with van der Waals surface area (Å²) in [5, 5.41) is 12.6. The summed E-state index contributed by atoms with van der Waals surface area (Å²) >= 11 is 0. The number of rotatable bonds is 8. The van der Waals surface area contributed by atoms with Crippen LogP contribution in [-0.4, -0.2) is 19.8 Å². The molecule has 4 aromatic rings. The van der Waals surface area contributed by atoms with Crippen LogP contribution in [0, 0.1) is 5.92 Å². The molecule has 3 heteroatoms. The maximum atomic E-state index is 10.0. The first-order chi connectivity index (χ1) is 13.9. The highest BCUT2D eigenvalue weighted by Crippen LogP contribution is 2.31. The second kappa shape index (κ2) is 8.08. The fourth-order valence-electron chi connectivity index (χ4n) is 4.45. The third-order valence-corrected chi connectivity index (χ3v) is 6.00. The predicted octanol–water partition coefficient (Wildman–Crippen LogP) is 6.61. The summed E-state index contributed by atoms with van der Waals surface area (Å²) in [7, 11) is 0.